The van der Waals surface area contributed by atoms with E-state index in [-0.39, 0.29) is 17.7 Å². The number of fused-ring (bicyclic) bond motifs is 1. The van der Waals surface area contributed by atoms with Crippen molar-refractivity contribution in [2.24, 2.45) is 5.92 Å². The van der Waals surface area contributed by atoms with Crippen molar-refractivity contribution in [1.29, 1.82) is 0 Å². The molecule has 1 amide bonds. The van der Waals surface area contributed by atoms with Crippen molar-refractivity contribution in [2.75, 3.05) is 12.3 Å². The van der Waals surface area contributed by atoms with Crippen molar-refractivity contribution in [3.8, 4) is 0 Å². The summed E-state index contributed by atoms with van der Waals surface area (Å²) in [5.74, 6) is -1.05. The summed E-state index contributed by atoms with van der Waals surface area (Å²) >= 11 is 3.04. The van der Waals surface area contributed by atoms with E-state index in [0.29, 0.717) is 13.0 Å². The summed E-state index contributed by atoms with van der Waals surface area (Å²) < 4.78 is 0. The van der Waals surface area contributed by atoms with Gasteiger partial charge in [0.25, 0.3) is 0 Å². The van der Waals surface area contributed by atoms with E-state index < -0.39 is 11.9 Å². The molecule has 1 aliphatic heterocycles. The molecule has 1 saturated heterocycles. The van der Waals surface area contributed by atoms with Gasteiger partial charge in [0.1, 0.15) is 16.2 Å². The van der Waals surface area contributed by atoms with Gasteiger partial charge in [-0.1, -0.05) is 11.8 Å². The maximum absolute atomic E-state index is 12.6. The number of aliphatic carboxylic acids is 1. The number of carboxylic acid groups (broad SMARTS) is 1. The van der Waals surface area contributed by atoms with Crippen LogP contribution in [0.5, 0.6) is 0 Å². The van der Waals surface area contributed by atoms with Gasteiger partial charge in [-0.15, -0.1) is 11.3 Å². The summed E-state index contributed by atoms with van der Waals surface area (Å²) in [5, 5.41) is 11.1. The number of aryl methyl sites for hydroxylation is 2. The molecule has 0 radical (unpaired) electrons. The molecule has 0 aromatic carbocycles. The number of piperidine rings is 1. The van der Waals surface area contributed by atoms with Crippen LogP contribution >= 0.6 is 23.1 Å². The molecule has 1 aliphatic rings. The summed E-state index contributed by atoms with van der Waals surface area (Å²) in [6, 6.07) is 0.0826. The van der Waals surface area contributed by atoms with Gasteiger partial charge in [-0.2, -0.15) is 0 Å². The summed E-state index contributed by atoms with van der Waals surface area (Å²) in [4.78, 5) is 36.4. The van der Waals surface area contributed by atoms with Crippen LogP contribution in [0.1, 0.15) is 30.2 Å². The predicted octanol–water partition coefficient (Wildman–Crippen LogP) is 3.11. The standard InChI is InChI=1S/C17H21N3O3S2/c1-9-4-5-12(17(22)23)6-20(9)13(21)7-24-15-14-10(2)11(3)25-16(14)19-8-18-15/h8-9,12H,4-7H2,1-3H3,(H,22,23). The van der Waals surface area contributed by atoms with Crippen molar-refractivity contribution in [3.05, 3.63) is 16.8 Å². The third kappa shape index (κ3) is 3.64. The minimum Gasteiger partial charge on any atom is -0.481 e. The Morgan fingerprint density at radius 2 is 2.12 bits per heavy atom. The van der Waals surface area contributed by atoms with Crippen LogP contribution in [0.4, 0.5) is 0 Å². The third-order valence-electron chi connectivity index (χ3n) is 4.81. The lowest BCUT2D eigenvalue weighted by atomic mass is 9.93. The third-order valence-corrected chi connectivity index (χ3v) is 6.90. The lowest BCUT2D eigenvalue weighted by Crippen LogP contribution is -2.48. The molecule has 0 bridgehead atoms. The summed E-state index contributed by atoms with van der Waals surface area (Å²) in [5.41, 5.74) is 1.16. The van der Waals surface area contributed by atoms with Crippen molar-refractivity contribution in [1.82, 2.24) is 14.9 Å². The number of likely N-dealkylation sites (tertiary alicyclic amines) is 1. The minimum atomic E-state index is -0.820. The van der Waals surface area contributed by atoms with Crippen molar-refractivity contribution >= 4 is 45.2 Å². The lowest BCUT2D eigenvalue weighted by molar-refractivity contribution is -0.146. The maximum atomic E-state index is 12.6. The van der Waals surface area contributed by atoms with Gasteiger partial charge in [-0.3, -0.25) is 9.59 Å². The smallest absolute Gasteiger partial charge is 0.308 e. The molecule has 3 heterocycles. The molecule has 8 heteroatoms. The molecule has 0 spiro atoms. The van der Waals surface area contributed by atoms with E-state index in [1.807, 2.05) is 13.8 Å². The number of carbonyl (C=O) groups is 2. The van der Waals surface area contributed by atoms with E-state index in [9.17, 15) is 14.7 Å². The second-order valence-electron chi connectivity index (χ2n) is 6.44. The van der Waals surface area contributed by atoms with Crippen LogP contribution in [0.25, 0.3) is 10.2 Å². The molecular formula is C17H21N3O3S2. The van der Waals surface area contributed by atoms with Gasteiger partial charge >= 0.3 is 5.97 Å². The Labute approximate surface area is 154 Å². The van der Waals surface area contributed by atoms with Crippen LogP contribution < -0.4 is 0 Å². The van der Waals surface area contributed by atoms with Crippen molar-refractivity contribution < 1.29 is 14.7 Å². The summed E-state index contributed by atoms with van der Waals surface area (Å²) in [7, 11) is 0. The number of rotatable bonds is 4. The van der Waals surface area contributed by atoms with E-state index in [2.05, 4.69) is 16.9 Å². The number of hydrogen-bond acceptors (Lipinski definition) is 6. The van der Waals surface area contributed by atoms with E-state index >= 15 is 0 Å². The van der Waals surface area contributed by atoms with Gasteiger partial charge < -0.3 is 10.0 Å². The Balaban J connectivity index is 1.73. The van der Waals surface area contributed by atoms with Gasteiger partial charge in [0.05, 0.1) is 11.7 Å². The molecule has 2 atom stereocenters. The number of aromatic nitrogens is 2. The SMILES string of the molecule is Cc1sc2ncnc(SCC(=O)N3CC(C(=O)O)CCC3C)c2c1C. The molecular weight excluding hydrogens is 358 g/mol. The van der Waals surface area contributed by atoms with E-state index in [1.165, 1.54) is 23.0 Å². The fraction of sp³-hybridized carbons (Fsp3) is 0.529. The summed E-state index contributed by atoms with van der Waals surface area (Å²) in [6.45, 7) is 6.39. The van der Waals surface area contributed by atoms with E-state index in [4.69, 9.17) is 0 Å². The molecule has 3 rings (SSSR count). The molecule has 0 aliphatic carbocycles. The molecule has 1 fully saturated rings. The van der Waals surface area contributed by atoms with Crippen molar-refractivity contribution in [3.63, 3.8) is 0 Å². The molecule has 2 aromatic heterocycles. The first kappa shape index (κ1) is 18.1. The number of thiophene rings is 1. The normalized spacial score (nSPS) is 20.8. The molecule has 6 nitrogen and oxygen atoms in total. The first-order chi connectivity index (χ1) is 11.9. The highest BCUT2D eigenvalue weighted by Crippen LogP contribution is 2.34. The average Bonchev–Trinajstić information content (AvgIpc) is 2.88. The maximum Gasteiger partial charge on any atom is 0.308 e. The zero-order chi connectivity index (χ0) is 18.1. The van der Waals surface area contributed by atoms with Crippen LogP contribution in [0.15, 0.2) is 11.4 Å². The Morgan fingerprint density at radius 1 is 1.36 bits per heavy atom. The monoisotopic (exact) mass is 379 g/mol. The second-order valence-corrected chi connectivity index (χ2v) is 8.61. The molecule has 0 saturated carbocycles. The van der Waals surface area contributed by atoms with Crippen LogP contribution in [0, 0.1) is 19.8 Å². The van der Waals surface area contributed by atoms with Crippen LogP contribution in [0.3, 0.4) is 0 Å². The number of nitrogens with zero attached hydrogens (tertiary/aromatic N) is 3. The first-order valence-electron chi connectivity index (χ1n) is 8.24. The number of amides is 1. The molecule has 2 aromatic rings. The van der Waals surface area contributed by atoms with Crippen LogP contribution in [-0.2, 0) is 9.59 Å². The fourth-order valence-corrected chi connectivity index (χ4v) is 5.13. The average molecular weight is 380 g/mol. The Bertz CT molecular complexity index is 821. The zero-order valence-electron chi connectivity index (χ0n) is 14.5. The van der Waals surface area contributed by atoms with Gasteiger partial charge in [0, 0.05) is 22.8 Å². The highest BCUT2D eigenvalue weighted by molar-refractivity contribution is 8.00. The number of thioether (sulfide) groups is 1. The van der Waals surface area contributed by atoms with Gasteiger partial charge in [-0.25, -0.2) is 9.97 Å². The molecule has 2 unspecified atom stereocenters. The van der Waals surface area contributed by atoms with Crippen LogP contribution in [0.2, 0.25) is 0 Å². The Kier molecular flexibility index (Phi) is 5.29. The number of hydrogen-bond donors (Lipinski definition) is 1. The highest BCUT2D eigenvalue weighted by atomic mass is 32.2. The summed E-state index contributed by atoms with van der Waals surface area (Å²) in [6.07, 6.45) is 2.90. The Hall–Kier alpha value is -1.67. The van der Waals surface area contributed by atoms with E-state index in [0.717, 1.165) is 27.2 Å². The van der Waals surface area contributed by atoms with Gasteiger partial charge in [0.15, 0.2) is 0 Å². The second kappa shape index (κ2) is 7.29. The largest absolute Gasteiger partial charge is 0.481 e. The molecule has 25 heavy (non-hydrogen) atoms. The van der Waals surface area contributed by atoms with Gasteiger partial charge in [-0.05, 0) is 39.2 Å². The molecule has 1 N–H and O–H groups in total. The predicted molar refractivity (Wildman–Crippen MR) is 99.1 cm³/mol. The highest BCUT2D eigenvalue weighted by Gasteiger charge is 2.32. The topological polar surface area (TPSA) is 83.4 Å². The van der Waals surface area contributed by atoms with Gasteiger partial charge in [0.2, 0.25) is 5.91 Å². The van der Waals surface area contributed by atoms with E-state index in [1.54, 1.807) is 16.2 Å². The molecule has 134 valence electrons. The minimum absolute atomic E-state index is 0.0279. The lowest BCUT2D eigenvalue weighted by Gasteiger charge is -2.36. The van der Waals surface area contributed by atoms with Crippen molar-refractivity contribution in [2.45, 2.75) is 44.7 Å². The van der Waals surface area contributed by atoms with Crippen LogP contribution in [-0.4, -0.2) is 50.2 Å². The first-order valence-corrected chi connectivity index (χ1v) is 10.0. The Morgan fingerprint density at radius 3 is 2.84 bits per heavy atom. The quantitative estimate of drug-likeness (QED) is 0.649. The number of carbonyl (C=O) groups excluding carboxylic acids is 1. The zero-order valence-corrected chi connectivity index (χ0v) is 16.1. The fourth-order valence-electron chi connectivity index (χ4n) is 3.13. The number of carboxylic acids is 1.